The lowest BCUT2D eigenvalue weighted by molar-refractivity contribution is -0.143. The van der Waals surface area contributed by atoms with E-state index in [0.29, 0.717) is 26.2 Å². The molecule has 2 amide bonds. The minimum absolute atomic E-state index is 0.351. The molecule has 110 valence electrons. The molecule has 1 rings (SSSR count). The van der Waals surface area contributed by atoms with E-state index in [1.54, 1.807) is 11.8 Å². The summed E-state index contributed by atoms with van der Waals surface area (Å²) in [6.07, 6.45) is -2.55. The second kappa shape index (κ2) is 6.65. The predicted octanol–water partition coefficient (Wildman–Crippen LogP) is 0.394. The van der Waals surface area contributed by atoms with Crippen LogP contribution in [0.3, 0.4) is 0 Å². The van der Waals surface area contributed by atoms with Gasteiger partial charge >= 0.3 is 12.0 Å². The molecule has 0 radical (unpaired) electrons. The van der Waals surface area contributed by atoms with Gasteiger partial charge in [0.1, 0.15) is 6.04 Å². The van der Waals surface area contributed by atoms with Gasteiger partial charge in [-0.25, -0.2) is 13.6 Å². The highest BCUT2D eigenvalue weighted by Gasteiger charge is 2.28. The number of carboxylic acid groups (broad SMARTS) is 1. The van der Waals surface area contributed by atoms with E-state index < -0.39 is 31.0 Å². The van der Waals surface area contributed by atoms with Crippen LogP contribution in [0.1, 0.15) is 6.92 Å². The number of amides is 2. The number of nitrogens with zero attached hydrogens (tertiary/aromatic N) is 3. The van der Waals surface area contributed by atoms with Gasteiger partial charge in [0, 0.05) is 33.2 Å². The van der Waals surface area contributed by atoms with Crippen molar-refractivity contribution >= 4 is 12.0 Å². The third kappa shape index (κ3) is 4.30. The fourth-order valence-corrected chi connectivity index (χ4v) is 1.98. The molecule has 0 spiro atoms. The molecule has 19 heavy (non-hydrogen) atoms. The molecule has 1 aliphatic rings. The first-order chi connectivity index (χ1) is 8.82. The molecule has 1 saturated heterocycles. The molecular weight excluding hydrogens is 260 g/mol. The van der Waals surface area contributed by atoms with Crippen LogP contribution >= 0.6 is 0 Å². The molecule has 0 aromatic carbocycles. The minimum atomic E-state index is -2.55. The molecule has 0 saturated carbocycles. The van der Waals surface area contributed by atoms with Crippen LogP contribution in [0.2, 0.25) is 0 Å². The van der Waals surface area contributed by atoms with Crippen molar-refractivity contribution in [1.29, 1.82) is 0 Å². The van der Waals surface area contributed by atoms with Gasteiger partial charge in [-0.3, -0.25) is 9.69 Å². The van der Waals surface area contributed by atoms with Crippen molar-refractivity contribution in [2.45, 2.75) is 19.4 Å². The Morgan fingerprint density at radius 2 is 1.79 bits per heavy atom. The van der Waals surface area contributed by atoms with E-state index >= 15 is 0 Å². The van der Waals surface area contributed by atoms with Gasteiger partial charge in [0.15, 0.2) is 0 Å². The van der Waals surface area contributed by atoms with Crippen LogP contribution in [0.5, 0.6) is 0 Å². The van der Waals surface area contributed by atoms with E-state index in [1.807, 2.05) is 0 Å². The molecule has 1 N–H and O–H groups in total. The summed E-state index contributed by atoms with van der Waals surface area (Å²) in [5, 5.41) is 8.88. The van der Waals surface area contributed by atoms with Crippen LogP contribution in [0.4, 0.5) is 13.6 Å². The van der Waals surface area contributed by atoms with Gasteiger partial charge < -0.3 is 14.9 Å². The van der Waals surface area contributed by atoms with Crippen LogP contribution in [0.15, 0.2) is 0 Å². The molecule has 1 fully saturated rings. The number of carbonyl (C=O) groups excluding carboxylic acids is 1. The SMILES string of the molecule is CC(C(=O)O)N1CCN(C(=O)N(C)CC(F)F)CC1. The maximum atomic E-state index is 12.2. The molecular formula is C11H19F2N3O3. The number of piperazine rings is 1. The predicted molar refractivity (Wildman–Crippen MR) is 64.3 cm³/mol. The smallest absolute Gasteiger partial charge is 0.320 e. The zero-order chi connectivity index (χ0) is 14.6. The molecule has 8 heteroatoms. The zero-order valence-corrected chi connectivity index (χ0v) is 11.1. The lowest BCUT2D eigenvalue weighted by Gasteiger charge is -2.38. The molecule has 0 bridgehead atoms. The minimum Gasteiger partial charge on any atom is -0.480 e. The van der Waals surface area contributed by atoms with E-state index in [-0.39, 0.29) is 0 Å². The molecule has 0 aromatic rings. The van der Waals surface area contributed by atoms with Gasteiger partial charge in [-0.15, -0.1) is 0 Å². The first-order valence-electron chi connectivity index (χ1n) is 6.08. The Morgan fingerprint density at radius 1 is 1.26 bits per heavy atom. The van der Waals surface area contributed by atoms with Crippen LogP contribution in [-0.4, -0.2) is 84.0 Å². The number of urea groups is 1. The van der Waals surface area contributed by atoms with Crippen molar-refractivity contribution in [2.75, 3.05) is 39.8 Å². The average molecular weight is 279 g/mol. The summed E-state index contributed by atoms with van der Waals surface area (Å²) in [6.45, 7) is 2.56. The van der Waals surface area contributed by atoms with Crippen LogP contribution in [0, 0.1) is 0 Å². The van der Waals surface area contributed by atoms with E-state index in [4.69, 9.17) is 5.11 Å². The third-order valence-electron chi connectivity index (χ3n) is 3.23. The topological polar surface area (TPSA) is 64.1 Å². The fourth-order valence-electron chi connectivity index (χ4n) is 1.98. The summed E-state index contributed by atoms with van der Waals surface area (Å²) in [7, 11) is 1.33. The molecule has 1 atom stereocenters. The van der Waals surface area contributed by atoms with Crippen molar-refractivity contribution in [3.63, 3.8) is 0 Å². The highest BCUT2D eigenvalue weighted by atomic mass is 19.3. The maximum absolute atomic E-state index is 12.2. The van der Waals surface area contributed by atoms with Crippen molar-refractivity contribution in [2.24, 2.45) is 0 Å². The number of hydrogen-bond donors (Lipinski definition) is 1. The first-order valence-corrected chi connectivity index (χ1v) is 6.08. The molecule has 1 unspecified atom stereocenters. The van der Waals surface area contributed by atoms with Crippen LogP contribution in [-0.2, 0) is 4.79 Å². The number of carbonyl (C=O) groups is 2. The molecule has 0 aliphatic carbocycles. The summed E-state index contributed by atoms with van der Waals surface area (Å²) >= 11 is 0. The Kier molecular flexibility index (Phi) is 5.46. The van der Waals surface area contributed by atoms with E-state index in [1.165, 1.54) is 11.9 Å². The summed E-state index contributed by atoms with van der Waals surface area (Å²) in [4.78, 5) is 26.9. The van der Waals surface area contributed by atoms with Crippen LogP contribution < -0.4 is 0 Å². The van der Waals surface area contributed by atoms with Gasteiger partial charge in [-0.05, 0) is 6.92 Å². The second-order valence-corrected chi connectivity index (χ2v) is 4.59. The van der Waals surface area contributed by atoms with E-state index in [0.717, 1.165) is 4.90 Å². The van der Waals surface area contributed by atoms with Gasteiger partial charge in [-0.2, -0.15) is 0 Å². The van der Waals surface area contributed by atoms with Crippen molar-refractivity contribution < 1.29 is 23.5 Å². The molecule has 1 aliphatic heterocycles. The van der Waals surface area contributed by atoms with Gasteiger partial charge in [0.05, 0.1) is 6.54 Å². The monoisotopic (exact) mass is 279 g/mol. The Balaban J connectivity index is 2.45. The maximum Gasteiger partial charge on any atom is 0.320 e. The Bertz CT molecular complexity index is 333. The normalized spacial score (nSPS) is 18.5. The second-order valence-electron chi connectivity index (χ2n) is 4.59. The third-order valence-corrected chi connectivity index (χ3v) is 3.23. The lowest BCUT2D eigenvalue weighted by atomic mass is 10.2. The Morgan fingerprint density at radius 3 is 2.21 bits per heavy atom. The average Bonchev–Trinajstić information content (AvgIpc) is 2.36. The number of alkyl halides is 2. The number of hydrogen-bond acceptors (Lipinski definition) is 3. The van der Waals surface area contributed by atoms with Gasteiger partial charge in [0.2, 0.25) is 0 Å². The lowest BCUT2D eigenvalue weighted by Crippen LogP contribution is -2.55. The van der Waals surface area contributed by atoms with Gasteiger partial charge in [0.25, 0.3) is 6.43 Å². The van der Waals surface area contributed by atoms with Crippen LogP contribution in [0.25, 0.3) is 0 Å². The highest BCUT2D eigenvalue weighted by molar-refractivity contribution is 5.75. The fraction of sp³-hybridized carbons (Fsp3) is 0.818. The molecule has 1 heterocycles. The number of halogens is 2. The van der Waals surface area contributed by atoms with Crippen molar-refractivity contribution in [3.05, 3.63) is 0 Å². The molecule has 6 nitrogen and oxygen atoms in total. The Labute approximate surface area is 110 Å². The van der Waals surface area contributed by atoms with E-state index in [9.17, 15) is 18.4 Å². The van der Waals surface area contributed by atoms with Gasteiger partial charge in [-0.1, -0.05) is 0 Å². The number of rotatable bonds is 4. The zero-order valence-electron chi connectivity index (χ0n) is 11.1. The molecule has 0 aromatic heterocycles. The summed E-state index contributed by atoms with van der Waals surface area (Å²) in [6, 6.07) is -1.04. The van der Waals surface area contributed by atoms with E-state index in [2.05, 4.69) is 0 Å². The number of aliphatic carboxylic acids is 1. The highest BCUT2D eigenvalue weighted by Crippen LogP contribution is 2.09. The van der Waals surface area contributed by atoms with Crippen molar-refractivity contribution in [3.8, 4) is 0 Å². The standard InChI is InChI=1S/C11H19F2N3O3/c1-8(10(17)18)15-3-5-16(6-4-15)11(19)14(2)7-9(12)13/h8-9H,3-7H2,1-2H3,(H,17,18). The van der Waals surface area contributed by atoms with Crippen molar-refractivity contribution in [1.82, 2.24) is 14.7 Å². The quantitative estimate of drug-likeness (QED) is 0.809. The summed E-state index contributed by atoms with van der Waals surface area (Å²) < 4.78 is 24.4. The first kappa shape index (κ1) is 15.6. The summed E-state index contributed by atoms with van der Waals surface area (Å²) in [5.41, 5.74) is 0. The number of carboxylic acids is 1. The Hall–Kier alpha value is -1.44. The largest absolute Gasteiger partial charge is 0.480 e. The summed E-state index contributed by atoms with van der Waals surface area (Å²) in [5.74, 6) is -0.908.